The lowest BCUT2D eigenvalue weighted by atomic mass is 9.91. The summed E-state index contributed by atoms with van der Waals surface area (Å²) < 4.78 is 1.39. The molecule has 3 N–H and O–H groups in total. The highest BCUT2D eigenvalue weighted by molar-refractivity contribution is 5.85. The molecular formula is C30H42N6O3. The van der Waals surface area contributed by atoms with Crippen molar-refractivity contribution in [2.75, 3.05) is 25.0 Å². The third-order valence-corrected chi connectivity index (χ3v) is 8.69. The van der Waals surface area contributed by atoms with Crippen molar-refractivity contribution in [2.24, 2.45) is 5.92 Å². The van der Waals surface area contributed by atoms with E-state index in [4.69, 9.17) is 5.41 Å². The van der Waals surface area contributed by atoms with Gasteiger partial charge in [-0.15, -0.1) is 0 Å². The normalized spacial score (nSPS) is 19.7. The number of rotatable bonds is 10. The van der Waals surface area contributed by atoms with Gasteiger partial charge in [-0.3, -0.25) is 19.1 Å². The van der Waals surface area contributed by atoms with E-state index >= 15 is 0 Å². The SMILES string of the molecule is CCN(Cc1cccc(Nc2ncn(CC3(O)CCN(C(=O)C4CC4)CC3)c(=O)c2C=N)c1)C1CCCCC1. The van der Waals surface area contributed by atoms with E-state index in [1.165, 1.54) is 48.6 Å². The number of amides is 1. The van der Waals surface area contributed by atoms with Crippen molar-refractivity contribution in [3.8, 4) is 0 Å². The molecule has 0 radical (unpaired) electrons. The topological polar surface area (TPSA) is 115 Å². The Bertz CT molecular complexity index is 1230. The van der Waals surface area contributed by atoms with Crippen LogP contribution >= 0.6 is 0 Å². The summed E-state index contributed by atoms with van der Waals surface area (Å²) in [4.78, 5) is 34.5. The van der Waals surface area contributed by atoms with Gasteiger partial charge >= 0.3 is 0 Å². The minimum absolute atomic E-state index is 0.0922. The maximum absolute atomic E-state index is 13.3. The molecule has 1 aromatic heterocycles. The molecule has 210 valence electrons. The Morgan fingerprint density at radius 2 is 1.95 bits per heavy atom. The van der Waals surface area contributed by atoms with Gasteiger partial charge in [0.25, 0.3) is 5.56 Å². The number of piperidine rings is 1. The van der Waals surface area contributed by atoms with Gasteiger partial charge in [0, 0.05) is 43.5 Å². The third kappa shape index (κ3) is 6.58. The van der Waals surface area contributed by atoms with Gasteiger partial charge in [0.1, 0.15) is 11.4 Å². The summed E-state index contributed by atoms with van der Waals surface area (Å²) in [6.07, 6.45) is 11.7. The number of nitrogens with one attached hydrogen (secondary N) is 2. The quantitative estimate of drug-likeness (QED) is 0.398. The summed E-state index contributed by atoms with van der Waals surface area (Å²) in [5, 5.41) is 22.4. The zero-order chi connectivity index (χ0) is 27.4. The van der Waals surface area contributed by atoms with Gasteiger partial charge in [0.2, 0.25) is 5.91 Å². The van der Waals surface area contributed by atoms with E-state index in [1.54, 1.807) is 0 Å². The first-order valence-corrected chi connectivity index (χ1v) is 14.6. The first kappa shape index (κ1) is 27.5. The van der Waals surface area contributed by atoms with Crippen molar-refractivity contribution in [1.29, 1.82) is 5.41 Å². The number of likely N-dealkylation sites (tertiary alicyclic amines) is 1. The van der Waals surface area contributed by atoms with E-state index in [-0.39, 0.29) is 29.5 Å². The molecule has 9 nitrogen and oxygen atoms in total. The van der Waals surface area contributed by atoms with Gasteiger partial charge in [-0.1, -0.05) is 38.3 Å². The summed E-state index contributed by atoms with van der Waals surface area (Å²) in [6.45, 7) is 5.20. The molecule has 5 rings (SSSR count). The number of hydrogen-bond donors (Lipinski definition) is 3. The van der Waals surface area contributed by atoms with Crippen LogP contribution in [0.15, 0.2) is 35.4 Å². The Balaban J connectivity index is 1.25. The molecule has 1 aromatic carbocycles. The molecule has 0 bridgehead atoms. The molecule has 9 heteroatoms. The van der Waals surface area contributed by atoms with Crippen LogP contribution in [0.5, 0.6) is 0 Å². The highest BCUT2D eigenvalue weighted by Gasteiger charge is 2.39. The molecule has 2 aliphatic carbocycles. The van der Waals surface area contributed by atoms with Crippen molar-refractivity contribution in [3.05, 3.63) is 52.1 Å². The fourth-order valence-corrected chi connectivity index (χ4v) is 6.12. The fraction of sp³-hybridized carbons (Fsp3) is 0.600. The molecule has 1 saturated heterocycles. The number of benzene rings is 1. The van der Waals surface area contributed by atoms with Crippen LogP contribution in [0.1, 0.15) is 75.8 Å². The lowest BCUT2D eigenvalue weighted by Crippen LogP contribution is -2.50. The number of carbonyl (C=O) groups excluding carboxylic acids is 1. The largest absolute Gasteiger partial charge is 0.388 e. The molecule has 1 aliphatic heterocycles. The molecule has 3 fully saturated rings. The number of carbonyl (C=O) groups is 1. The standard InChI is InChI=1S/C30H42N6O3/c1-2-34(25-9-4-3-5-10-25)19-22-7-6-8-24(17-22)33-27-26(18-31)29(38)36(21-32-27)20-30(39)13-15-35(16-14-30)28(37)23-11-12-23/h6-8,17-18,21,23,25,31,33,39H,2-5,9-16,19-20H2,1H3. The summed E-state index contributed by atoms with van der Waals surface area (Å²) >= 11 is 0. The van der Waals surface area contributed by atoms with Crippen LogP contribution < -0.4 is 10.9 Å². The zero-order valence-electron chi connectivity index (χ0n) is 23.1. The van der Waals surface area contributed by atoms with Crippen molar-refractivity contribution in [2.45, 2.75) is 89.4 Å². The predicted molar refractivity (Wildman–Crippen MR) is 153 cm³/mol. The Morgan fingerprint density at radius 3 is 2.62 bits per heavy atom. The minimum atomic E-state index is -1.09. The summed E-state index contributed by atoms with van der Waals surface area (Å²) in [5.74, 6) is 0.694. The Morgan fingerprint density at radius 1 is 1.21 bits per heavy atom. The monoisotopic (exact) mass is 534 g/mol. The van der Waals surface area contributed by atoms with Crippen molar-refractivity contribution < 1.29 is 9.90 Å². The van der Waals surface area contributed by atoms with Crippen LogP contribution in [0.25, 0.3) is 0 Å². The Kier molecular flexibility index (Phi) is 8.47. The van der Waals surface area contributed by atoms with Gasteiger partial charge in [0.05, 0.1) is 18.5 Å². The molecule has 0 atom stereocenters. The lowest BCUT2D eigenvalue weighted by molar-refractivity contribution is -0.137. The van der Waals surface area contributed by atoms with E-state index in [1.807, 2.05) is 17.0 Å². The summed E-state index contributed by atoms with van der Waals surface area (Å²) in [5.41, 5.74) is 0.734. The second-order valence-electron chi connectivity index (χ2n) is 11.6. The smallest absolute Gasteiger partial charge is 0.264 e. The fourth-order valence-electron chi connectivity index (χ4n) is 6.12. The summed E-state index contributed by atoms with van der Waals surface area (Å²) in [6, 6.07) is 8.81. The number of aromatic nitrogens is 2. The van der Waals surface area contributed by atoms with Crippen molar-refractivity contribution in [3.63, 3.8) is 0 Å². The van der Waals surface area contributed by atoms with Crippen LogP contribution in [0, 0.1) is 11.3 Å². The zero-order valence-corrected chi connectivity index (χ0v) is 23.1. The van der Waals surface area contributed by atoms with E-state index in [0.29, 0.717) is 37.8 Å². The van der Waals surface area contributed by atoms with E-state index in [0.717, 1.165) is 37.8 Å². The van der Waals surface area contributed by atoms with Gasteiger partial charge in [-0.2, -0.15) is 0 Å². The van der Waals surface area contributed by atoms with Crippen molar-refractivity contribution >= 4 is 23.6 Å². The van der Waals surface area contributed by atoms with Gasteiger partial charge in [0.15, 0.2) is 0 Å². The molecule has 39 heavy (non-hydrogen) atoms. The molecular weight excluding hydrogens is 492 g/mol. The average Bonchev–Trinajstić information content (AvgIpc) is 3.80. The molecule has 2 aromatic rings. The van der Waals surface area contributed by atoms with Crippen LogP contribution in [0.3, 0.4) is 0 Å². The highest BCUT2D eigenvalue weighted by atomic mass is 16.3. The molecule has 1 amide bonds. The number of hydrogen-bond acceptors (Lipinski definition) is 7. The molecule has 0 spiro atoms. The van der Waals surface area contributed by atoms with E-state index < -0.39 is 5.60 Å². The molecule has 0 unspecified atom stereocenters. The Hall–Kier alpha value is -3.04. The third-order valence-electron chi connectivity index (χ3n) is 8.69. The molecule has 2 saturated carbocycles. The average molecular weight is 535 g/mol. The highest BCUT2D eigenvalue weighted by Crippen LogP contribution is 2.33. The maximum Gasteiger partial charge on any atom is 0.264 e. The maximum atomic E-state index is 13.3. The van der Waals surface area contributed by atoms with E-state index in [9.17, 15) is 14.7 Å². The number of nitrogens with zero attached hydrogens (tertiary/aromatic N) is 4. The number of anilines is 2. The van der Waals surface area contributed by atoms with Crippen LogP contribution in [0.2, 0.25) is 0 Å². The van der Waals surface area contributed by atoms with Crippen LogP contribution in [-0.2, 0) is 17.9 Å². The lowest BCUT2D eigenvalue weighted by Gasteiger charge is -2.38. The van der Waals surface area contributed by atoms with Gasteiger partial charge in [-0.25, -0.2) is 4.98 Å². The minimum Gasteiger partial charge on any atom is -0.388 e. The Labute approximate surface area is 230 Å². The molecule has 3 aliphatic rings. The van der Waals surface area contributed by atoms with E-state index in [2.05, 4.69) is 34.3 Å². The first-order valence-electron chi connectivity index (χ1n) is 14.6. The first-order chi connectivity index (χ1) is 18.9. The van der Waals surface area contributed by atoms with Crippen LogP contribution in [-0.4, -0.2) is 67.9 Å². The summed E-state index contributed by atoms with van der Waals surface area (Å²) in [7, 11) is 0. The van der Waals surface area contributed by atoms with Crippen LogP contribution in [0.4, 0.5) is 11.5 Å². The van der Waals surface area contributed by atoms with Crippen molar-refractivity contribution in [1.82, 2.24) is 19.4 Å². The number of aliphatic hydroxyl groups is 1. The second kappa shape index (κ2) is 12.0. The molecule has 2 heterocycles. The van der Waals surface area contributed by atoms with Gasteiger partial charge < -0.3 is 20.7 Å². The second-order valence-corrected chi connectivity index (χ2v) is 11.6. The van der Waals surface area contributed by atoms with Gasteiger partial charge in [-0.05, 0) is 62.8 Å². The predicted octanol–water partition coefficient (Wildman–Crippen LogP) is 3.90.